The number of allylic oxidation sites excluding steroid dienone is 1. The number of fused-ring (bicyclic) bond motifs is 1. The van der Waals surface area contributed by atoms with Gasteiger partial charge in [0.1, 0.15) is 18.1 Å². The predicted octanol–water partition coefficient (Wildman–Crippen LogP) is 4.54. The Morgan fingerprint density at radius 3 is 2.96 bits per heavy atom. The van der Waals surface area contributed by atoms with E-state index in [1.807, 2.05) is 12.1 Å². The Labute approximate surface area is 139 Å². The maximum absolute atomic E-state index is 5.87. The van der Waals surface area contributed by atoms with E-state index in [0.29, 0.717) is 18.6 Å². The number of ether oxygens (including phenoxy) is 3. The molecule has 1 aromatic rings. The van der Waals surface area contributed by atoms with Crippen molar-refractivity contribution in [3.8, 4) is 11.5 Å². The first-order valence-electron chi connectivity index (χ1n) is 8.69. The zero-order valence-electron chi connectivity index (χ0n) is 14.7. The lowest BCUT2D eigenvalue weighted by Crippen LogP contribution is -2.09. The van der Waals surface area contributed by atoms with E-state index >= 15 is 0 Å². The number of rotatable bonds is 6. The maximum Gasteiger partial charge on any atom is 0.126 e. The van der Waals surface area contributed by atoms with Crippen LogP contribution in [-0.4, -0.2) is 24.9 Å². The molecule has 1 fully saturated rings. The third-order valence-electron chi connectivity index (χ3n) is 5.05. The van der Waals surface area contributed by atoms with E-state index in [4.69, 9.17) is 14.2 Å². The minimum absolute atomic E-state index is 0.0776. The Bertz CT molecular complexity index is 589. The number of epoxide rings is 1. The summed E-state index contributed by atoms with van der Waals surface area (Å²) in [6.45, 7) is 10.2. The van der Waals surface area contributed by atoms with E-state index in [2.05, 4.69) is 39.8 Å². The molecule has 23 heavy (non-hydrogen) atoms. The Hall–Kier alpha value is -1.48. The van der Waals surface area contributed by atoms with E-state index in [0.717, 1.165) is 37.4 Å². The number of aryl methyl sites for hydroxylation is 1. The molecule has 2 heterocycles. The van der Waals surface area contributed by atoms with E-state index in [1.165, 1.54) is 11.1 Å². The van der Waals surface area contributed by atoms with Crippen molar-refractivity contribution in [3.05, 3.63) is 35.4 Å². The highest BCUT2D eigenvalue weighted by atomic mass is 16.6. The van der Waals surface area contributed by atoms with Gasteiger partial charge in [0.05, 0.1) is 18.3 Å². The van der Waals surface area contributed by atoms with Crippen molar-refractivity contribution in [3.63, 3.8) is 0 Å². The molecule has 0 saturated carbocycles. The molecule has 3 heteroatoms. The van der Waals surface area contributed by atoms with Crippen molar-refractivity contribution < 1.29 is 14.2 Å². The van der Waals surface area contributed by atoms with Crippen molar-refractivity contribution in [2.24, 2.45) is 5.92 Å². The average molecular weight is 316 g/mol. The molecule has 2 atom stereocenters. The molecule has 1 aromatic carbocycles. The minimum Gasteiger partial charge on any atom is -0.493 e. The van der Waals surface area contributed by atoms with Crippen LogP contribution in [-0.2, 0) is 11.2 Å². The van der Waals surface area contributed by atoms with Gasteiger partial charge in [-0.2, -0.15) is 0 Å². The third kappa shape index (κ3) is 4.08. The van der Waals surface area contributed by atoms with Crippen molar-refractivity contribution in [1.29, 1.82) is 0 Å². The van der Waals surface area contributed by atoms with Gasteiger partial charge >= 0.3 is 0 Å². The molecular formula is C20H28O3. The fourth-order valence-electron chi connectivity index (χ4n) is 3.05. The van der Waals surface area contributed by atoms with Crippen molar-refractivity contribution in [2.75, 3.05) is 13.2 Å². The van der Waals surface area contributed by atoms with Crippen molar-refractivity contribution in [1.82, 2.24) is 0 Å². The molecular weight excluding hydrogens is 288 g/mol. The van der Waals surface area contributed by atoms with Crippen LogP contribution in [0.1, 0.15) is 46.1 Å². The van der Waals surface area contributed by atoms with Crippen LogP contribution < -0.4 is 9.47 Å². The predicted molar refractivity (Wildman–Crippen MR) is 92.2 cm³/mol. The molecule has 3 nitrogen and oxygen atoms in total. The Balaban J connectivity index is 1.49. The molecule has 0 aromatic heterocycles. The number of hydrogen-bond acceptors (Lipinski definition) is 3. The first kappa shape index (κ1) is 16.4. The van der Waals surface area contributed by atoms with Crippen molar-refractivity contribution >= 4 is 0 Å². The summed E-state index contributed by atoms with van der Waals surface area (Å²) in [5.74, 6) is 2.39. The minimum atomic E-state index is 0.0776. The van der Waals surface area contributed by atoms with E-state index in [-0.39, 0.29) is 5.60 Å². The van der Waals surface area contributed by atoms with Crippen LogP contribution in [0.15, 0.2) is 29.8 Å². The fourth-order valence-corrected chi connectivity index (χ4v) is 3.05. The zero-order valence-corrected chi connectivity index (χ0v) is 14.7. The van der Waals surface area contributed by atoms with Gasteiger partial charge in [-0.25, -0.2) is 0 Å². The molecule has 0 bridgehead atoms. The van der Waals surface area contributed by atoms with Crippen molar-refractivity contribution in [2.45, 2.75) is 58.7 Å². The Kier molecular flexibility index (Phi) is 4.67. The van der Waals surface area contributed by atoms with Gasteiger partial charge in [-0.15, -0.1) is 0 Å². The third-order valence-corrected chi connectivity index (χ3v) is 5.05. The second kappa shape index (κ2) is 6.56. The first-order valence-corrected chi connectivity index (χ1v) is 8.69. The van der Waals surface area contributed by atoms with Gasteiger partial charge in [-0.05, 0) is 63.7 Å². The summed E-state index contributed by atoms with van der Waals surface area (Å²) in [6, 6.07) is 6.18. The van der Waals surface area contributed by atoms with Gasteiger partial charge in [0, 0.05) is 6.07 Å². The molecule has 3 rings (SSSR count). The largest absolute Gasteiger partial charge is 0.493 e. The summed E-state index contributed by atoms with van der Waals surface area (Å²) >= 11 is 0. The number of benzene rings is 1. The second-order valence-corrected chi connectivity index (χ2v) is 7.33. The van der Waals surface area contributed by atoms with Gasteiger partial charge in [-0.3, -0.25) is 0 Å². The molecule has 2 aliphatic rings. The Morgan fingerprint density at radius 1 is 1.43 bits per heavy atom. The summed E-state index contributed by atoms with van der Waals surface area (Å²) in [7, 11) is 0. The molecule has 0 spiro atoms. The van der Waals surface area contributed by atoms with Crippen LogP contribution in [0.4, 0.5) is 0 Å². The van der Waals surface area contributed by atoms with E-state index in [1.54, 1.807) is 0 Å². The van der Waals surface area contributed by atoms with Gasteiger partial charge in [0.2, 0.25) is 0 Å². The lowest BCUT2D eigenvalue weighted by Gasteiger charge is -2.18. The van der Waals surface area contributed by atoms with Crippen LogP contribution in [0.3, 0.4) is 0 Å². The topological polar surface area (TPSA) is 31.0 Å². The fraction of sp³-hybridized carbons (Fsp3) is 0.600. The van der Waals surface area contributed by atoms with Crippen LogP contribution in [0, 0.1) is 5.92 Å². The van der Waals surface area contributed by atoms with Gasteiger partial charge in [0.15, 0.2) is 0 Å². The van der Waals surface area contributed by atoms with Gasteiger partial charge in [0.25, 0.3) is 0 Å². The highest BCUT2D eigenvalue weighted by molar-refractivity contribution is 5.41. The quantitative estimate of drug-likeness (QED) is 0.570. The highest BCUT2D eigenvalue weighted by Crippen LogP contribution is 2.40. The summed E-state index contributed by atoms with van der Waals surface area (Å²) in [5, 5.41) is 0. The number of hydrogen-bond donors (Lipinski definition) is 0. The smallest absolute Gasteiger partial charge is 0.126 e. The monoisotopic (exact) mass is 316 g/mol. The molecule has 0 N–H and O–H groups in total. The molecule has 126 valence electrons. The Morgan fingerprint density at radius 2 is 2.22 bits per heavy atom. The van der Waals surface area contributed by atoms with Crippen LogP contribution >= 0.6 is 0 Å². The standard InChI is InChI=1S/C20H28O3/c1-14(15(2)12-19-20(3,4)23-19)9-11-21-17-8-7-16-6-5-10-22-18(16)13-17/h7-9,13,15,19H,5-6,10-12H2,1-4H3. The van der Waals surface area contributed by atoms with E-state index < -0.39 is 0 Å². The SMILES string of the molecule is CC(=CCOc1ccc2c(c1)OCCC2)C(C)CC1OC1(C)C. The van der Waals surface area contributed by atoms with E-state index in [9.17, 15) is 0 Å². The summed E-state index contributed by atoms with van der Waals surface area (Å²) in [4.78, 5) is 0. The molecule has 0 amide bonds. The average Bonchev–Trinajstić information content (AvgIpc) is 3.13. The molecule has 0 radical (unpaired) electrons. The molecule has 2 aliphatic heterocycles. The summed E-state index contributed by atoms with van der Waals surface area (Å²) in [5.41, 5.74) is 2.73. The molecule has 0 aliphatic carbocycles. The van der Waals surface area contributed by atoms with Crippen LogP contribution in [0.25, 0.3) is 0 Å². The second-order valence-electron chi connectivity index (χ2n) is 7.33. The first-order chi connectivity index (χ1) is 11.0. The molecule has 1 saturated heterocycles. The van der Waals surface area contributed by atoms with Gasteiger partial charge in [-0.1, -0.05) is 18.6 Å². The normalized spacial score (nSPS) is 23.7. The molecule has 2 unspecified atom stereocenters. The zero-order chi connectivity index (χ0) is 16.4. The van der Waals surface area contributed by atoms with Crippen LogP contribution in [0.5, 0.6) is 11.5 Å². The highest BCUT2D eigenvalue weighted by Gasteiger charge is 2.47. The lowest BCUT2D eigenvalue weighted by molar-refractivity contribution is 0.284. The summed E-state index contributed by atoms with van der Waals surface area (Å²) < 4.78 is 17.2. The van der Waals surface area contributed by atoms with Gasteiger partial charge < -0.3 is 14.2 Å². The maximum atomic E-state index is 5.87. The van der Waals surface area contributed by atoms with Crippen LogP contribution in [0.2, 0.25) is 0 Å². The summed E-state index contributed by atoms with van der Waals surface area (Å²) in [6.07, 6.45) is 5.88. The lowest BCUT2D eigenvalue weighted by atomic mass is 9.93.